The summed E-state index contributed by atoms with van der Waals surface area (Å²) >= 11 is 0. The number of nitrogens with one attached hydrogen (secondary N) is 1. The average molecular weight is 416 g/mol. The van der Waals surface area contributed by atoms with Crippen molar-refractivity contribution in [2.75, 3.05) is 26.2 Å². The quantitative estimate of drug-likeness (QED) is 0.628. The van der Waals surface area contributed by atoms with Crippen LogP contribution >= 0.6 is 0 Å². The number of carbonyl (C=O) groups excluding carboxylic acids is 1. The summed E-state index contributed by atoms with van der Waals surface area (Å²) < 4.78 is 2.01. The zero-order valence-corrected chi connectivity index (χ0v) is 17.1. The number of primary amides is 1. The minimum absolute atomic E-state index is 0.263. The van der Waals surface area contributed by atoms with Gasteiger partial charge in [0.2, 0.25) is 0 Å². The van der Waals surface area contributed by atoms with Crippen LogP contribution in [0.15, 0.2) is 43.1 Å². The molecule has 0 atom stereocenters. The predicted octanol–water partition coefficient (Wildman–Crippen LogP) is 1.56. The van der Waals surface area contributed by atoms with Gasteiger partial charge in [-0.25, -0.2) is 14.8 Å². The summed E-state index contributed by atoms with van der Waals surface area (Å²) in [6, 6.07) is 2.05. The van der Waals surface area contributed by atoms with Gasteiger partial charge < -0.3 is 15.6 Å². The monoisotopic (exact) mass is 416 g/mol. The van der Waals surface area contributed by atoms with Crippen molar-refractivity contribution in [1.29, 1.82) is 0 Å². The maximum atomic E-state index is 11.4. The number of hydrogen-bond acceptors (Lipinski definition) is 5. The van der Waals surface area contributed by atoms with Crippen LogP contribution in [-0.2, 0) is 5.54 Å². The molecule has 1 saturated carbocycles. The van der Waals surface area contributed by atoms with Crippen LogP contribution < -0.4 is 5.73 Å². The molecule has 0 aromatic carbocycles. The molecule has 31 heavy (non-hydrogen) atoms. The SMILES string of the molecule is C#CC=CC1(n2cc(-c3ncnc4[nH]ccc34)cn2)CC(N2CCN(C(N)=O)CC2)C1. The van der Waals surface area contributed by atoms with Crippen LogP contribution in [0.4, 0.5) is 4.79 Å². The zero-order valence-electron chi connectivity index (χ0n) is 17.1. The van der Waals surface area contributed by atoms with E-state index in [-0.39, 0.29) is 11.6 Å². The normalized spacial score (nSPS) is 24.4. The largest absolute Gasteiger partial charge is 0.351 e. The van der Waals surface area contributed by atoms with E-state index in [4.69, 9.17) is 12.2 Å². The molecule has 0 spiro atoms. The predicted molar refractivity (Wildman–Crippen MR) is 117 cm³/mol. The van der Waals surface area contributed by atoms with E-state index in [0.717, 1.165) is 48.2 Å². The third-order valence-corrected chi connectivity index (χ3v) is 6.48. The van der Waals surface area contributed by atoms with Crippen LogP contribution in [0.5, 0.6) is 0 Å². The van der Waals surface area contributed by atoms with Crippen molar-refractivity contribution >= 4 is 17.1 Å². The Morgan fingerprint density at radius 1 is 1.29 bits per heavy atom. The fourth-order valence-electron chi connectivity index (χ4n) is 4.72. The lowest BCUT2D eigenvalue weighted by Gasteiger charge is -2.52. The van der Waals surface area contributed by atoms with E-state index >= 15 is 0 Å². The van der Waals surface area contributed by atoms with Gasteiger partial charge in [-0.15, -0.1) is 6.42 Å². The lowest BCUT2D eigenvalue weighted by Crippen LogP contribution is -2.60. The number of carbonyl (C=O) groups is 1. The third kappa shape index (κ3) is 3.35. The summed E-state index contributed by atoms with van der Waals surface area (Å²) in [5.41, 5.74) is 7.74. The number of H-pyrrole nitrogens is 1. The number of aromatic nitrogens is 5. The number of allylic oxidation sites excluding steroid dienone is 2. The van der Waals surface area contributed by atoms with E-state index in [9.17, 15) is 4.79 Å². The number of urea groups is 1. The molecule has 1 saturated heterocycles. The molecule has 9 nitrogen and oxygen atoms in total. The molecule has 3 aromatic heterocycles. The van der Waals surface area contributed by atoms with Crippen molar-refractivity contribution in [3.8, 4) is 23.6 Å². The fraction of sp³-hybridized carbons (Fsp3) is 0.364. The number of rotatable bonds is 4. The molecule has 1 aliphatic carbocycles. The van der Waals surface area contributed by atoms with Crippen LogP contribution in [-0.4, -0.2) is 72.8 Å². The van der Waals surface area contributed by atoms with Crippen LogP contribution in [0.25, 0.3) is 22.3 Å². The van der Waals surface area contributed by atoms with Gasteiger partial charge in [-0.05, 0) is 31.1 Å². The van der Waals surface area contributed by atoms with Gasteiger partial charge in [-0.2, -0.15) is 5.10 Å². The Hall–Kier alpha value is -3.64. The van der Waals surface area contributed by atoms with Gasteiger partial charge in [-0.1, -0.05) is 5.92 Å². The molecule has 0 bridgehead atoms. The first-order chi connectivity index (χ1) is 15.1. The molecule has 158 valence electrons. The Balaban J connectivity index is 1.37. The van der Waals surface area contributed by atoms with Crippen molar-refractivity contribution in [2.24, 2.45) is 5.73 Å². The van der Waals surface area contributed by atoms with E-state index in [2.05, 4.69) is 36.9 Å². The summed E-state index contributed by atoms with van der Waals surface area (Å²) in [4.78, 5) is 27.4. The van der Waals surface area contributed by atoms with Gasteiger partial charge in [0.25, 0.3) is 0 Å². The summed E-state index contributed by atoms with van der Waals surface area (Å²) in [7, 11) is 0. The van der Waals surface area contributed by atoms with Gasteiger partial charge in [-0.3, -0.25) is 9.58 Å². The average Bonchev–Trinajstić information content (AvgIpc) is 3.43. The molecular formula is C22H24N8O. The van der Waals surface area contributed by atoms with Crippen molar-refractivity contribution < 1.29 is 4.79 Å². The minimum Gasteiger partial charge on any atom is -0.351 e. The molecular weight excluding hydrogens is 392 g/mol. The molecule has 0 unspecified atom stereocenters. The summed E-state index contributed by atoms with van der Waals surface area (Å²) in [6.07, 6.45) is 18.5. The maximum absolute atomic E-state index is 11.4. The number of nitrogens with two attached hydrogens (primary N) is 1. The van der Waals surface area contributed by atoms with Crippen LogP contribution in [0.3, 0.4) is 0 Å². The molecule has 2 aliphatic rings. The van der Waals surface area contributed by atoms with Crippen molar-refractivity contribution in [3.05, 3.63) is 43.1 Å². The van der Waals surface area contributed by atoms with Crippen LogP contribution in [0.1, 0.15) is 12.8 Å². The Morgan fingerprint density at radius 3 is 2.84 bits per heavy atom. The standard InChI is InChI=1S/C22H24N8O/c1-2-3-5-22(11-17(12-22)28-7-9-29(10-8-28)21(23)31)30-14-16(13-27-30)19-18-4-6-24-20(18)26-15-25-19/h1,3-6,13-15,17H,7-12H2,(H2,23,31)(H,24,25,26). The fourth-order valence-corrected chi connectivity index (χ4v) is 4.72. The lowest BCUT2D eigenvalue weighted by atomic mass is 9.71. The van der Waals surface area contributed by atoms with E-state index in [0.29, 0.717) is 19.1 Å². The number of fused-ring (bicyclic) bond motifs is 1. The van der Waals surface area contributed by atoms with Crippen molar-refractivity contribution in [2.45, 2.75) is 24.4 Å². The van der Waals surface area contributed by atoms with Crippen molar-refractivity contribution in [1.82, 2.24) is 34.5 Å². The molecule has 2 amide bonds. The first-order valence-corrected chi connectivity index (χ1v) is 10.4. The minimum atomic E-state index is -0.343. The zero-order chi connectivity index (χ0) is 21.4. The highest BCUT2D eigenvalue weighted by Crippen LogP contribution is 2.44. The highest BCUT2D eigenvalue weighted by molar-refractivity contribution is 5.90. The van der Waals surface area contributed by atoms with E-state index < -0.39 is 0 Å². The molecule has 3 N–H and O–H groups in total. The second-order valence-corrected chi connectivity index (χ2v) is 8.16. The molecule has 3 aromatic rings. The number of hydrogen-bond donors (Lipinski definition) is 2. The van der Waals surface area contributed by atoms with E-state index in [1.54, 1.807) is 17.3 Å². The highest BCUT2D eigenvalue weighted by Gasteiger charge is 2.47. The first kappa shape index (κ1) is 19.3. The smallest absolute Gasteiger partial charge is 0.314 e. The van der Waals surface area contributed by atoms with Gasteiger partial charge >= 0.3 is 6.03 Å². The summed E-state index contributed by atoms with van der Waals surface area (Å²) in [5, 5.41) is 5.65. The lowest BCUT2D eigenvalue weighted by molar-refractivity contribution is 0.0104. The van der Waals surface area contributed by atoms with Gasteiger partial charge in [0.1, 0.15) is 12.0 Å². The van der Waals surface area contributed by atoms with Crippen LogP contribution in [0, 0.1) is 12.3 Å². The number of nitrogens with zero attached hydrogens (tertiary/aromatic N) is 6. The van der Waals surface area contributed by atoms with Gasteiger partial charge in [0.05, 0.1) is 17.4 Å². The number of piperazine rings is 1. The number of aromatic amines is 1. The molecule has 4 heterocycles. The van der Waals surface area contributed by atoms with E-state index in [1.165, 1.54) is 0 Å². The van der Waals surface area contributed by atoms with Crippen molar-refractivity contribution in [3.63, 3.8) is 0 Å². The summed E-state index contributed by atoms with van der Waals surface area (Å²) in [6.45, 7) is 3.01. The Labute approximate surface area is 179 Å². The van der Waals surface area contributed by atoms with Crippen LogP contribution in [0.2, 0.25) is 0 Å². The second kappa shape index (κ2) is 7.56. The topological polar surface area (TPSA) is 109 Å². The van der Waals surface area contributed by atoms with Gasteiger partial charge in [0.15, 0.2) is 0 Å². The first-order valence-electron chi connectivity index (χ1n) is 10.4. The molecule has 1 aliphatic heterocycles. The Morgan fingerprint density at radius 2 is 2.10 bits per heavy atom. The Bertz CT molecular complexity index is 1170. The third-order valence-electron chi connectivity index (χ3n) is 6.48. The van der Waals surface area contributed by atoms with Gasteiger partial charge in [0, 0.05) is 55.6 Å². The number of terminal acetylenes is 1. The van der Waals surface area contributed by atoms with E-state index in [1.807, 2.05) is 29.3 Å². The maximum Gasteiger partial charge on any atom is 0.314 e. The summed E-state index contributed by atoms with van der Waals surface area (Å²) in [5.74, 6) is 2.62. The number of amides is 2. The molecule has 9 heteroatoms. The second-order valence-electron chi connectivity index (χ2n) is 8.16. The Kier molecular flexibility index (Phi) is 4.71. The molecule has 5 rings (SSSR count). The molecule has 0 radical (unpaired) electrons. The molecule has 2 fully saturated rings. The highest BCUT2D eigenvalue weighted by atomic mass is 16.2.